The summed E-state index contributed by atoms with van der Waals surface area (Å²) >= 11 is 0. The van der Waals surface area contributed by atoms with Crippen LogP contribution in [0.5, 0.6) is 0 Å². The van der Waals surface area contributed by atoms with E-state index in [1.807, 2.05) is 25.2 Å². The van der Waals surface area contributed by atoms with Crippen molar-refractivity contribution in [1.82, 2.24) is 5.32 Å². The Kier molecular flexibility index (Phi) is 3.75. The van der Waals surface area contributed by atoms with Gasteiger partial charge in [0.25, 0.3) is 0 Å². The summed E-state index contributed by atoms with van der Waals surface area (Å²) in [5.74, 6) is 1.61. The second-order valence-electron chi connectivity index (χ2n) is 5.51. The monoisotopic (exact) mass is 299 g/mol. The summed E-state index contributed by atoms with van der Waals surface area (Å²) in [5.41, 5.74) is 3.52. The fraction of sp³-hybridized carbons (Fsp3) is 0.222. The molecule has 1 aliphatic carbocycles. The van der Waals surface area contributed by atoms with Crippen molar-refractivity contribution in [1.29, 1.82) is 0 Å². The van der Waals surface area contributed by atoms with Crippen molar-refractivity contribution in [2.24, 2.45) is 0 Å². The highest BCUT2D eigenvalue weighted by atomic mass is 35.5. The summed E-state index contributed by atoms with van der Waals surface area (Å²) in [6, 6.07) is 19.6. The molecular weight excluding hydrogens is 282 g/mol. The van der Waals surface area contributed by atoms with Crippen LogP contribution in [-0.4, -0.2) is 13.1 Å². The summed E-state index contributed by atoms with van der Waals surface area (Å²) in [6.45, 7) is 0. The summed E-state index contributed by atoms with van der Waals surface area (Å²) in [6.07, 6.45) is 1.24. The van der Waals surface area contributed by atoms with Crippen molar-refractivity contribution in [2.75, 3.05) is 7.05 Å². The Morgan fingerprint density at radius 3 is 2.67 bits per heavy atom. The van der Waals surface area contributed by atoms with Gasteiger partial charge in [-0.05, 0) is 37.2 Å². The standard InChI is InChI=1S/C18H17NO.ClH/c1-19-16-11-15(16)12-6-4-7-13(9-12)18-10-14-5-2-3-8-17(14)20-18;/h2-10,15-16,19H,11H2,1H3;1H. The van der Waals surface area contributed by atoms with E-state index < -0.39 is 0 Å². The van der Waals surface area contributed by atoms with Crippen LogP contribution in [0, 0.1) is 0 Å². The molecular formula is C18H18ClNO. The molecule has 1 N–H and O–H groups in total. The van der Waals surface area contributed by atoms with Crippen molar-refractivity contribution in [3.63, 3.8) is 0 Å². The number of halogens is 1. The van der Waals surface area contributed by atoms with E-state index in [0.717, 1.165) is 16.7 Å². The molecule has 0 saturated heterocycles. The van der Waals surface area contributed by atoms with Crippen molar-refractivity contribution >= 4 is 23.4 Å². The topological polar surface area (TPSA) is 25.2 Å². The number of nitrogens with one attached hydrogen (secondary N) is 1. The van der Waals surface area contributed by atoms with Crippen LogP contribution in [-0.2, 0) is 0 Å². The lowest BCUT2D eigenvalue weighted by Crippen LogP contribution is -2.10. The van der Waals surface area contributed by atoms with Crippen molar-refractivity contribution < 1.29 is 4.42 Å². The summed E-state index contributed by atoms with van der Waals surface area (Å²) in [4.78, 5) is 0. The molecule has 2 aromatic carbocycles. The summed E-state index contributed by atoms with van der Waals surface area (Å²) in [7, 11) is 2.04. The number of benzene rings is 2. The number of rotatable bonds is 3. The Hall–Kier alpha value is -1.77. The molecule has 108 valence electrons. The molecule has 4 rings (SSSR count). The van der Waals surface area contributed by atoms with Crippen LogP contribution >= 0.6 is 12.4 Å². The molecule has 0 amide bonds. The number of hydrogen-bond donors (Lipinski definition) is 1. The SMILES string of the molecule is CNC1CC1c1cccc(-c2cc3ccccc3o2)c1.Cl. The quantitative estimate of drug-likeness (QED) is 0.765. The molecule has 2 nitrogen and oxygen atoms in total. The molecule has 0 bridgehead atoms. The lowest BCUT2D eigenvalue weighted by Gasteiger charge is -2.02. The zero-order chi connectivity index (χ0) is 13.5. The van der Waals surface area contributed by atoms with Crippen LogP contribution in [0.3, 0.4) is 0 Å². The third-order valence-electron chi connectivity index (χ3n) is 4.19. The fourth-order valence-electron chi connectivity index (χ4n) is 2.93. The normalized spacial score (nSPS) is 20.2. The second kappa shape index (κ2) is 5.55. The average molecular weight is 300 g/mol. The number of para-hydroxylation sites is 1. The molecule has 3 heteroatoms. The van der Waals surface area contributed by atoms with Crippen LogP contribution in [0.15, 0.2) is 59.0 Å². The van der Waals surface area contributed by atoms with Crippen LogP contribution in [0.25, 0.3) is 22.3 Å². The molecule has 21 heavy (non-hydrogen) atoms. The molecule has 1 aromatic heterocycles. The third kappa shape index (κ3) is 2.57. The lowest BCUT2D eigenvalue weighted by molar-refractivity contribution is 0.631. The van der Waals surface area contributed by atoms with E-state index in [1.165, 1.54) is 17.5 Å². The minimum absolute atomic E-state index is 0. The van der Waals surface area contributed by atoms with Gasteiger partial charge in [-0.2, -0.15) is 0 Å². The predicted octanol–water partition coefficient (Wildman–Crippen LogP) is 4.60. The van der Waals surface area contributed by atoms with E-state index in [9.17, 15) is 0 Å². The van der Waals surface area contributed by atoms with E-state index in [1.54, 1.807) is 0 Å². The number of fused-ring (bicyclic) bond motifs is 1. The molecule has 0 spiro atoms. The summed E-state index contributed by atoms with van der Waals surface area (Å²) in [5, 5.41) is 4.50. The third-order valence-corrected chi connectivity index (χ3v) is 4.19. The Balaban J connectivity index is 0.00000132. The highest BCUT2D eigenvalue weighted by Crippen LogP contribution is 2.41. The van der Waals surface area contributed by atoms with Gasteiger partial charge in [0, 0.05) is 22.9 Å². The van der Waals surface area contributed by atoms with Crippen LogP contribution < -0.4 is 5.32 Å². The molecule has 0 aliphatic heterocycles. The minimum Gasteiger partial charge on any atom is -0.456 e. The smallest absolute Gasteiger partial charge is 0.135 e. The zero-order valence-electron chi connectivity index (χ0n) is 11.9. The van der Waals surface area contributed by atoms with E-state index in [0.29, 0.717) is 12.0 Å². The van der Waals surface area contributed by atoms with Crippen molar-refractivity contribution in [3.05, 3.63) is 60.2 Å². The Bertz CT molecular complexity index is 732. The van der Waals surface area contributed by atoms with Gasteiger partial charge >= 0.3 is 0 Å². The number of hydrogen-bond acceptors (Lipinski definition) is 2. The molecule has 2 atom stereocenters. The van der Waals surface area contributed by atoms with E-state index in [2.05, 4.69) is 41.7 Å². The number of furan rings is 1. The predicted molar refractivity (Wildman–Crippen MR) is 89.1 cm³/mol. The lowest BCUT2D eigenvalue weighted by atomic mass is 10.0. The van der Waals surface area contributed by atoms with Gasteiger partial charge in [0.05, 0.1) is 0 Å². The maximum Gasteiger partial charge on any atom is 0.135 e. The first-order chi connectivity index (χ1) is 9.85. The minimum atomic E-state index is 0. The molecule has 0 radical (unpaired) electrons. The van der Waals surface area contributed by atoms with E-state index >= 15 is 0 Å². The van der Waals surface area contributed by atoms with Gasteiger partial charge in [-0.3, -0.25) is 0 Å². The zero-order valence-corrected chi connectivity index (χ0v) is 12.7. The first kappa shape index (κ1) is 14.2. The number of likely N-dealkylation sites (N-methyl/N-ethyl adjacent to an activating group) is 1. The van der Waals surface area contributed by atoms with Gasteiger partial charge in [0.2, 0.25) is 0 Å². The molecule has 1 heterocycles. The Morgan fingerprint density at radius 1 is 1.05 bits per heavy atom. The maximum absolute atomic E-state index is 5.95. The Morgan fingerprint density at radius 2 is 1.90 bits per heavy atom. The van der Waals surface area contributed by atoms with Crippen LogP contribution in [0.1, 0.15) is 17.9 Å². The Labute approximate surface area is 130 Å². The van der Waals surface area contributed by atoms with E-state index in [4.69, 9.17) is 4.42 Å². The average Bonchev–Trinajstić information content (AvgIpc) is 3.17. The molecule has 1 aliphatic rings. The van der Waals surface area contributed by atoms with Crippen LogP contribution in [0.2, 0.25) is 0 Å². The van der Waals surface area contributed by atoms with Crippen molar-refractivity contribution in [3.8, 4) is 11.3 Å². The second-order valence-corrected chi connectivity index (χ2v) is 5.51. The van der Waals surface area contributed by atoms with E-state index in [-0.39, 0.29) is 12.4 Å². The summed E-state index contributed by atoms with van der Waals surface area (Å²) < 4.78 is 5.95. The highest BCUT2D eigenvalue weighted by molar-refractivity contribution is 5.85. The first-order valence-electron chi connectivity index (χ1n) is 7.11. The fourth-order valence-corrected chi connectivity index (χ4v) is 2.93. The first-order valence-corrected chi connectivity index (χ1v) is 7.11. The van der Waals surface area contributed by atoms with Crippen molar-refractivity contribution in [2.45, 2.75) is 18.4 Å². The molecule has 3 aromatic rings. The molecule has 1 fully saturated rings. The van der Waals surface area contributed by atoms with Gasteiger partial charge in [-0.15, -0.1) is 12.4 Å². The van der Waals surface area contributed by atoms with Gasteiger partial charge in [-0.25, -0.2) is 0 Å². The van der Waals surface area contributed by atoms with Gasteiger partial charge in [0.1, 0.15) is 11.3 Å². The van der Waals surface area contributed by atoms with Crippen LogP contribution in [0.4, 0.5) is 0 Å². The largest absolute Gasteiger partial charge is 0.456 e. The maximum atomic E-state index is 5.95. The van der Waals surface area contributed by atoms with Gasteiger partial charge in [0.15, 0.2) is 0 Å². The highest BCUT2D eigenvalue weighted by Gasteiger charge is 2.36. The van der Waals surface area contributed by atoms with Gasteiger partial charge in [-0.1, -0.05) is 36.4 Å². The van der Waals surface area contributed by atoms with Gasteiger partial charge < -0.3 is 9.73 Å². The molecule has 2 unspecified atom stereocenters. The molecule has 1 saturated carbocycles.